The second-order valence-electron chi connectivity index (χ2n) is 6.07. The van der Waals surface area contributed by atoms with Gasteiger partial charge in [0.05, 0.1) is 26.2 Å². The Hall–Kier alpha value is -2.12. The van der Waals surface area contributed by atoms with E-state index in [1.54, 1.807) is 31.4 Å². The second kappa shape index (κ2) is 6.78. The lowest BCUT2D eigenvalue weighted by Crippen LogP contribution is -2.49. The van der Waals surface area contributed by atoms with Gasteiger partial charge in [-0.2, -0.15) is 0 Å². The van der Waals surface area contributed by atoms with E-state index >= 15 is 0 Å². The molecule has 0 amide bonds. The predicted molar refractivity (Wildman–Crippen MR) is 85.0 cm³/mol. The van der Waals surface area contributed by atoms with Crippen molar-refractivity contribution >= 4 is 17.4 Å². The minimum atomic E-state index is -1.07. The number of ketones is 1. The number of ether oxygens (including phenoxy) is 3. The molecule has 130 valence electrons. The molecule has 7 heteroatoms. The van der Waals surface area contributed by atoms with Crippen molar-refractivity contribution in [2.75, 3.05) is 25.6 Å². The average Bonchev–Trinajstić information content (AvgIpc) is 3.04. The van der Waals surface area contributed by atoms with Gasteiger partial charge in [0.2, 0.25) is 0 Å². The molecule has 0 bridgehead atoms. The number of nitrogens with one attached hydrogen (secondary N) is 1. The fourth-order valence-corrected chi connectivity index (χ4v) is 3.31. The van der Waals surface area contributed by atoms with Crippen LogP contribution in [0.2, 0.25) is 0 Å². The molecule has 1 aromatic carbocycles. The van der Waals surface area contributed by atoms with Crippen LogP contribution in [-0.4, -0.2) is 49.0 Å². The lowest BCUT2D eigenvalue weighted by atomic mass is 9.79. The van der Waals surface area contributed by atoms with E-state index in [4.69, 9.17) is 14.2 Å². The Bertz CT molecular complexity index is 608. The zero-order valence-corrected chi connectivity index (χ0v) is 13.5. The lowest BCUT2D eigenvalue weighted by Gasteiger charge is -2.37. The standard InChI is InChI=1S/C17H21NO6/c1-22-12-4-2-11(3-5-12)18-15(16(20)21)13-10-17(7-6-14(13)19)23-8-9-24-17/h2-5,13,15,18H,6-10H2,1H3,(H,20,21)/t13-,15-/m0/s1. The molecule has 24 heavy (non-hydrogen) atoms. The van der Waals surface area contributed by atoms with Crippen molar-refractivity contribution in [3.8, 4) is 5.75 Å². The highest BCUT2D eigenvalue weighted by Crippen LogP contribution is 2.39. The highest BCUT2D eigenvalue weighted by molar-refractivity contribution is 5.90. The fourth-order valence-electron chi connectivity index (χ4n) is 3.31. The highest BCUT2D eigenvalue weighted by Gasteiger charge is 2.48. The van der Waals surface area contributed by atoms with Crippen molar-refractivity contribution in [2.24, 2.45) is 5.92 Å². The molecule has 1 aromatic rings. The summed E-state index contributed by atoms with van der Waals surface area (Å²) in [5.41, 5.74) is 0.615. The smallest absolute Gasteiger partial charge is 0.326 e. The quantitative estimate of drug-likeness (QED) is 0.845. The van der Waals surface area contributed by atoms with Crippen molar-refractivity contribution < 1.29 is 28.9 Å². The van der Waals surface area contributed by atoms with Gasteiger partial charge in [0.15, 0.2) is 5.79 Å². The summed E-state index contributed by atoms with van der Waals surface area (Å²) in [6, 6.07) is 5.88. The average molecular weight is 335 g/mol. The molecule has 0 radical (unpaired) electrons. The van der Waals surface area contributed by atoms with Crippen molar-refractivity contribution in [3.05, 3.63) is 24.3 Å². The Morgan fingerprint density at radius 2 is 2.00 bits per heavy atom. The monoisotopic (exact) mass is 335 g/mol. The summed E-state index contributed by atoms with van der Waals surface area (Å²) >= 11 is 0. The SMILES string of the molecule is COc1ccc(N[C@H](C(=O)O)[C@H]2CC3(CCC2=O)OCCO3)cc1. The summed E-state index contributed by atoms with van der Waals surface area (Å²) in [6.45, 7) is 0.953. The number of carbonyl (C=O) groups excluding carboxylic acids is 1. The molecule has 2 fully saturated rings. The summed E-state index contributed by atoms with van der Waals surface area (Å²) in [5.74, 6) is -1.98. The summed E-state index contributed by atoms with van der Waals surface area (Å²) in [4.78, 5) is 24.1. The zero-order valence-electron chi connectivity index (χ0n) is 13.5. The predicted octanol–water partition coefficient (Wildman–Crippen LogP) is 1.67. The van der Waals surface area contributed by atoms with Crippen LogP contribution in [0.5, 0.6) is 5.75 Å². The molecule has 1 heterocycles. The molecule has 1 saturated carbocycles. The molecule has 1 spiro atoms. The van der Waals surface area contributed by atoms with Gasteiger partial charge < -0.3 is 24.6 Å². The van der Waals surface area contributed by atoms with Crippen LogP contribution >= 0.6 is 0 Å². The van der Waals surface area contributed by atoms with Gasteiger partial charge in [-0.05, 0) is 24.3 Å². The van der Waals surface area contributed by atoms with Gasteiger partial charge in [0.25, 0.3) is 0 Å². The van der Waals surface area contributed by atoms with E-state index in [0.717, 1.165) is 0 Å². The first kappa shape index (κ1) is 16.7. The van der Waals surface area contributed by atoms with E-state index in [1.165, 1.54) is 0 Å². The van der Waals surface area contributed by atoms with E-state index in [-0.39, 0.29) is 18.6 Å². The third-order valence-electron chi connectivity index (χ3n) is 4.59. The molecule has 2 aliphatic rings. The van der Waals surface area contributed by atoms with Gasteiger partial charge in [-0.3, -0.25) is 4.79 Å². The summed E-state index contributed by atoms with van der Waals surface area (Å²) in [6.07, 6.45) is 1.00. The van der Waals surface area contributed by atoms with Crippen LogP contribution in [0.15, 0.2) is 24.3 Å². The zero-order chi connectivity index (χ0) is 17.2. The molecule has 1 saturated heterocycles. The number of rotatable bonds is 5. The number of Topliss-reactive ketones (excluding diaryl/α,β-unsaturated/α-hetero) is 1. The van der Waals surface area contributed by atoms with Crippen LogP contribution in [0.3, 0.4) is 0 Å². The van der Waals surface area contributed by atoms with E-state index < -0.39 is 23.7 Å². The highest BCUT2D eigenvalue weighted by atomic mass is 16.7. The molecule has 2 atom stereocenters. The number of carboxylic acids is 1. The van der Waals surface area contributed by atoms with Gasteiger partial charge in [-0.1, -0.05) is 0 Å². The summed E-state index contributed by atoms with van der Waals surface area (Å²) in [7, 11) is 1.56. The molecule has 3 rings (SSSR count). The first-order valence-corrected chi connectivity index (χ1v) is 7.97. The summed E-state index contributed by atoms with van der Waals surface area (Å²) in [5, 5.41) is 12.6. The Kier molecular flexibility index (Phi) is 4.73. The minimum absolute atomic E-state index is 0.0758. The normalized spacial score (nSPS) is 23.9. The molecule has 0 unspecified atom stereocenters. The number of carboxylic acid groups (broad SMARTS) is 1. The Morgan fingerprint density at radius 3 is 2.58 bits per heavy atom. The number of benzene rings is 1. The van der Waals surface area contributed by atoms with E-state index in [2.05, 4.69) is 5.32 Å². The van der Waals surface area contributed by atoms with E-state index in [9.17, 15) is 14.7 Å². The van der Waals surface area contributed by atoms with E-state index in [0.29, 0.717) is 31.1 Å². The van der Waals surface area contributed by atoms with Crippen molar-refractivity contribution in [3.63, 3.8) is 0 Å². The van der Waals surface area contributed by atoms with Crippen molar-refractivity contribution in [1.29, 1.82) is 0 Å². The van der Waals surface area contributed by atoms with Gasteiger partial charge in [0.1, 0.15) is 17.6 Å². The van der Waals surface area contributed by atoms with Crippen LogP contribution in [0, 0.1) is 5.92 Å². The van der Waals surface area contributed by atoms with Gasteiger partial charge >= 0.3 is 5.97 Å². The maximum Gasteiger partial charge on any atom is 0.326 e. The molecule has 1 aliphatic heterocycles. The molecule has 0 aromatic heterocycles. The van der Waals surface area contributed by atoms with Crippen LogP contribution in [-0.2, 0) is 19.1 Å². The number of hydrogen-bond acceptors (Lipinski definition) is 6. The van der Waals surface area contributed by atoms with Gasteiger partial charge in [0, 0.05) is 24.9 Å². The molecule has 2 N–H and O–H groups in total. The molecular weight excluding hydrogens is 314 g/mol. The number of aliphatic carboxylic acids is 1. The number of carbonyl (C=O) groups is 2. The first-order chi connectivity index (χ1) is 11.5. The maximum absolute atomic E-state index is 12.3. The second-order valence-corrected chi connectivity index (χ2v) is 6.07. The Labute approximate surface area is 139 Å². The van der Waals surface area contributed by atoms with Crippen LogP contribution in [0.25, 0.3) is 0 Å². The van der Waals surface area contributed by atoms with Crippen molar-refractivity contribution in [1.82, 2.24) is 0 Å². The van der Waals surface area contributed by atoms with Crippen LogP contribution in [0.1, 0.15) is 19.3 Å². The van der Waals surface area contributed by atoms with Gasteiger partial charge in [-0.15, -0.1) is 0 Å². The Balaban J connectivity index is 1.78. The number of anilines is 1. The first-order valence-electron chi connectivity index (χ1n) is 7.97. The van der Waals surface area contributed by atoms with E-state index in [1.807, 2.05) is 0 Å². The van der Waals surface area contributed by atoms with Crippen LogP contribution < -0.4 is 10.1 Å². The molecule has 1 aliphatic carbocycles. The largest absolute Gasteiger partial charge is 0.497 e. The number of hydrogen-bond donors (Lipinski definition) is 2. The van der Waals surface area contributed by atoms with Gasteiger partial charge in [-0.25, -0.2) is 4.79 Å². The Morgan fingerprint density at radius 1 is 1.33 bits per heavy atom. The topological polar surface area (TPSA) is 94.1 Å². The molecule has 7 nitrogen and oxygen atoms in total. The van der Waals surface area contributed by atoms with Crippen molar-refractivity contribution in [2.45, 2.75) is 31.1 Å². The number of methoxy groups -OCH3 is 1. The third-order valence-corrected chi connectivity index (χ3v) is 4.59. The minimum Gasteiger partial charge on any atom is -0.497 e. The maximum atomic E-state index is 12.3. The summed E-state index contributed by atoms with van der Waals surface area (Å²) < 4.78 is 16.4. The molecular formula is C17H21NO6. The fraction of sp³-hybridized carbons (Fsp3) is 0.529. The lowest BCUT2D eigenvalue weighted by molar-refractivity contribution is -0.191. The third kappa shape index (κ3) is 3.37. The van der Waals surface area contributed by atoms with Crippen LogP contribution in [0.4, 0.5) is 5.69 Å².